The van der Waals surface area contributed by atoms with E-state index in [0.29, 0.717) is 24.4 Å². The Morgan fingerprint density at radius 1 is 0.963 bits per heavy atom. The molecule has 3 rings (SSSR count). The lowest BCUT2D eigenvalue weighted by atomic mass is 10.1. The van der Waals surface area contributed by atoms with E-state index in [2.05, 4.69) is 27.2 Å². The lowest BCUT2D eigenvalue weighted by Crippen LogP contribution is -2.48. The van der Waals surface area contributed by atoms with Crippen LogP contribution in [0.5, 0.6) is 0 Å². The van der Waals surface area contributed by atoms with Gasteiger partial charge in [0.1, 0.15) is 0 Å². The zero-order chi connectivity index (χ0) is 19.1. The normalized spacial score (nSPS) is 14.6. The predicted molar refractivity (Wildman–Crippen MR) is 106 cm³/mol. The molecule has 0 bridgehead atoms. The van der Waals surface area contributed by atoms with E-state index in [0.717, 1.165) is 26.2 Å². The van der Waals surface area contributed by atoms with Gasteiger partial charge in [-0.1, -0.05) is 30.3 Å². The van der Waals surface area contributed by atoms with Gasteiger partial charge in [0.2, 0.25) is 5.91 Å². The van der Waals surface area contributed by atoms with Crippen LogP contribution in [0.4, 0.5) is 11.4 Å². The van der Waals surface area contributed by atoms with Gasteiger partial charge >= 0.3 is 5.97 Å². The molecule has 0 atom stereocenters. The third-order valence-corrected chi connectivity index (χ3v) is 4.56. The lowest BCUT2D eigenvalue weighted by Gasteiger charge is -2.35. The first-order chi connectivity index (χ1) is 13.2. The SMILES string of the molecule is CCOC(=O)c1ccccc1NC(=O)CN1CCN(c2ccccc2)CC1. The minimum atomic E-state index is -0.426. The van der Waals surface area contributed by atoms with Crippen molar-refractivity contribution in [3.8, 4) is 0 Å². The fraction of sp³-hybridized carbons (Fsp3) is 0.333. The second-order valence-electron chi connectivity index (χ2n) is 6.41. The summed E-state index contributed by atoms with van der Waals surface area (Å²) in [5, 5.41) is 2.84. The van der Waals surface area contributed by atoms with E-state index >= 15 is 0 Å². The van der Waals surface area contributed by atoms with Crippen LogP contribution in [0.1, 0.15) is 17.3 Å². The molecule has 1 fully saturated rings. The molecule has 2 aromatic carbocycles. The first kappa shape index (κ1) is 18.9. The summed E-state index contributed by atoms with van der Waals surface area (Å²) in [6.07, 6.45) is 0. The van der Waals surface area contributed by atoms with Gasteiger partial charge in [-0.25, -0.2) is 4.79 Å². The van der Waals surface area contributed by atoms with Crippen LogP contribution in [0.15, 0.2) is 54.6 Å². The second-order valence-corrected chi connectivity index (χ2v) is 6.41. The molecule has 1 aliphatic rings. The van der Waals surface area contributed by atoms with Gasteiger partial charge in [-0.2, -0.15) is 0 Å². The predicted octanol–water partition coefficient (Wildman–Crippen LogP) is 2.62. The highest BCUT2D eigenvalue weighted by Crippen LogP contribution is 2.17. The molecule has 27 heavy (non-hydrogen) atoms. The average molecular weight is 367 g/mol. The Bertz CT molecular complexity index is 771. The van der Waals surface area contributed by atoms with E-state index in [1.54, 1.807) is 31.2 Å². The number of hydrogen-bond donors (Lipinski definition) is 1. The molecule has 2 aromatic rings. The molecule has 0 saturated carbocycles. The smallest absolute Gasteiger partial charge is 0.340 e. The van der Waals surface area contributed by atoms with Gasteiger partial charge in [-0.3, -0.25) is 9.69 Å². The molecule has 0 aromatic heterocycles. The van der Waals surface area contributed by atoms with Crippen molar-refractivity contribution in [2.75, 3.05) is 49.5 Å². The lowest BCUT2D eigenvalue weighted by molar-refractivity contribution is -0.117. The summed E-state index contributed by atoms with van der Waals surface area (Å²) in [5.41, 5.74) is 2.08. The van der Waals surface area contributed by atoms with Crippen molar-refractivity contribution in [2.45, 2.75) is 6.92 Å². The van der Waals surface area contributed by atoms with Crippen molar-refractivity contribution < 1.29 is 14.3 Å². The van der Waals surface area contributed by atoms with Crippen molar-refractivity contribution in [3.63, 3.8) is 0 Å². The van der Waals surface area contributed by atoms with E-state index in [1.807, 2.05) is 18.2 Å². The van der Waals surface area contributed by atoms with Gasteiger partial charge in [0.05, 0.1) is 24.4 Å². The third kappa shape index (κ3) is 5.08. The number of para-hydroxylation sites is 2. The van der Waals surface area contributed by atoms with E-state index in [4.69, 9.17) is 4.74 Å². The topological polar surface area (TPSA) is 61.9 Å². The summed E-state index contributed by atoms with van der Waals surface area (Å²) < 4.78 is 5.05. The molecule has 1 saturated heterocycles. The number of benzene rings is 2. The first-order valence-corrected chi connectivity index (χ1v) is 9.25. The number of piperazine rings is 1. The minimum Gasteiger partial charge on any atom is -0.462 e. The van der Waals surface area contributed by atoms with Crippen molar-refractivity contribution in [1.82, 2.24) is 4.90 Å². The number of carbonyl (C=O) groups excluding carboxylic acids is 2. The average Bonchev–Trinajstić information content (AvgIpc) is 2.70. The summed E-state index contributed by atoms with van der Waals surface area (Å²) >= 11 is 0. The van der Waals surface area contributed by atoms with Crippen molar-refractivity contribution in [3.05, 3.63) is 60.2 Å². The van der Waals surface area contributed by atoms with Gasteiger partial charge in [0.25, 0.3) is 0 Å². The fourth-order valence-corrected chi connectivity index (χ4v) is 3.17. The molecule has 6 nitrogen and oxygen atoms in total. The highest BCUT2D eigenvalue weighted by molar-refractivity contribution is 6.01. The van der Waals surface area contributed by atoms with Crippen LogP contribution >= 0.6 is 0 Å². The number of hydrogen-bond acceptors (Lipinski definition) is 5. The Morgan fingerprint density at radius 2 is 1.63 bits per heavy atom. The molecular weight excluding hydrogens is 342 g/mol. The standard InChI is InChI=1S/C21H25N3O3/c1-2-27-21(26)18-10-6-7-11-19(18)22-20(25)16-23-12-14-24(15-13-23)17-8-4-3-5-9-17/h3-11H,2,12-16H2,1H3,(H,22,25). The van der Waals surface area contributed by atoms with Crippen LogP contribution in [-0.4, -0.2) is 56.1 Å². The molecule has 6 heteroatoms. The Hall–Kier alpha value is -2.86. The van der Waals surface area contributed by atoms with Crippen LogP contribution in [0, 0.1) is 0 Å². The number of ether oxygens (including phenoxy) is 1. The first-order valence-electron chi connectivity index (χ1n) is 9.25. The molecule has 1 heterocycles. The molecular formula is C21H25N3O3. The van der Waals surface area contributed by atoms with Crippen molar-refractivity contribution in [2.24, 2.45) is 0 Å². The Morgan fingerprint density at radius 3 is 2.33 bits per heavy atom. The van der Waals surface area contributed by atoms with Crippen molar-refractivity contribution >= 4 is 23.3 Å². The Kier molecular flexibility index (Phi) is 6.44. The second kappa shape index (κ2) is 9.19. The quantitative estimate of drug-likeness (QED) is 0.796. The van der Waals surface area contributed by atoms with Crippen molar-refractivity contribution in [1.29, 1.82) is 0 Å². The number of amides is 1. The maximum Gasteiger partial charge on any atom is 0.340 e. The van der Waals surface area contributed by atoms with Gasteiger partial charge in [0.15, 0.2) is 0 Å². The molecule has 1 aliphatic heterocycles. The number of nitrogens with one attached hydrogen (secondary N) is 1. The van der Waals surface area contributed by atoms with Gasteiger partial charge in [-0.05, 0) is 31.2 Å². The van der Waals surface area contributed by atoms with E-state index in [-0.39, 0.29) is 5.91 Å². The van der Waals surface area contributed by atoms with Gasteiger partial charge < -0.3 is 15.0 Å². The van der Waals surface area contributed by atoms with Crippen LogP contribution in [0.2, 0.25) is 0 Å². The highest BCUT2D eigenvalue weighted by Gasteiger charge is 2.20. The third-order valence-electron chi connectivity index (χ3n) is 4.56. The summed E-state index contributed by atoms with van der Waals surface area (Å²) in [5.74, 6) is -0.551. The maximum absolute atomic E-state index is 12.4. The highest BCUT2D eigenvalue weighted by atomic mass is 16.5. The maximum atomic E-state index is 12.4. The molecule has 0 aliphatic carbocycles. The zero-order valence-corrected chi connectivity index (χ0v) is 15.6. The molecule has 1 N–H and O–H groups in total. The molecule has 142 valence electrons. The summed E-state index contributed by atoms with van der Waals surface area (Å²) in [6.45, 7) is 5.78. The number of rotatable bonds is 6. The van der Waals surface area contributed by atoms with E-state index in [1.165, 1.54) is 5.69 Å². The largest absolute Gasteiger partial charge is 0.462 e. The molecule has 0 radical (unpaired) electrons. The number of carbonyl (C=O) groups is 2. The van der Waals surface area contributed by atoms with Crippen LogP contribution in [0.3, 0.4) is 0 Å². The Balaban J connectivity index is 1.53. The van der Waals surface area contributed by atoms with Gasteiger partial charge in [-0.15, -0.1) is 0 Å². The number of esters is 1. The monoisotopic (exact) mass is 367 g/mol. The summed E-state index contributed by atoms with van der Waals surface area (Å²) in [7, 11) is 0. The zero-order valence-electron chi connectivity index (χ0n) is 15.6. The fourth-order valence-electron chi connectivity index (χ4n) is 3.17. The summed E-state index contributed by atoms with van der Waals surface area (Å²) in [6, 6.07) is 17.2. The van der Waals surface area contributed by atoms with Crippen LogP contribution in [0.25, 0.3) is 0 Å². The van der Waals surface area contributed by atoms with Crippen LogP contribution in [-0.2, 0) is 9.53 Å². The van der Waals surface area contributed by atoms with Gasteiger partial charge in [0, 0.05) is 31.9 Å². The molecule has 0 spiro atoms. The molecule has 0 unspecified atom stereocenters. The Labute approximate surface area is 159 Å². The minimum absolute atomic E-state index is 0.125. The van der Waals surface area contributed by atoms with E-state index in [9.17, 15) is 9.59 Å². The number of nitrogens with zero attached hydrogens (tertiary/aromatic N) is 2. The number of anilines is 2. The molecule has 1 amide bonds. The van der Waals surface area contributed by atoms with Crippen LogP contribution < -0.4 is 10.2 Å². The van der Waals surface area contributed by atoms with E-state index < -0.39 is 5.97 Å². The summed E-state index contributed by atoms with van der Waals surface area (Å²) in [4.78, 5) is 28.9.